The van der Waals surface area contributed by atoms with Gasteiger partial charge >= 0.3 is 7.12 Å². The van der Waals surface area contributed by atoms with Crippen molar-refractivity contribution in [3.8, 4) is 11.3 Å². The van der Waals surface area contributed by atoms with E-state index in [1.807, 2.05) is 0 Å². The van der Waals surface area contributed by atoms with E-state index < -0.39 is 46.9 Å². The standard InChI is InChI=1S/C27H24BF3N2O5S/c1-32-27(34)25-19-10-18(14-3-4-14)23(12-24(19)38-26(25)15-5-7-17(29)8-6-15)33(39(2)37)13-16-9-22(31)20(28(35)36)11-21(16)30/h5-12,14,35-36H,3-4,13H2,1-2H3,(H,32,34). The van der Waals surface area contributed by atoms with Crippen LogP contribution in [0.15, 0.2) is 52.9 Å². The zero-order valence-electron chi connectivity index (χ0n) is 21.0. The number of benzene rings is 3. The normalized spacial score (nSPS) is 13.9. The molecule has 0 bridgehead atoms. The minimum Gasteiger partial charge on any atom is -0.455 e. The predicted molar refractivity (Wildman–Crippen MR) is 143 cm³/mol. The summed E-state index contributed by atoms with van der Waals surface area (Å²) in [6.07, 6.45) is 3.11. The van der Waals surface area contributed by atoms with E-state index in [4.69, 9.17) is 4.42 Å². The Kier molecular flexibility index (Phi) is 7.28. The summed E-state index contributed by atoms with van der Waals surface area (Å²) in [6.45, 7) is -0.285. The van der Waals surface area contributed by atoms with Crippen LogP contribution in [0.25, 0.3) is 22.3 Å². The lowest BCUT2D eigenvalue weighted by Crippen LogP contribution is -2.34. The maximum Gasteiger partial charge on any atom is 0.491 e. The molecule has 3 N–H and O–H groups in total. The van der Waals surface area contributed by atoms with E-state index >= 15 is 0 Å². The third-order valence-electron chi connectivity index (χ3n) is 6.75. The molecule has 202 valence electrons. The summed E-state index contributed by atoms with van der Waals surface area (Å²) in [5, 5.41) is 21.7. The van der Waals surface area contributed by atoms with Gasteiger partial charge in [-0.05, 0) is 66.8 Å². The largest absolute Gasteiger partial charge is 0.491 e. The molecule has 1 unspecified atom stereocenters. The van der Waals surface area contributed by atoms with Gasteiger partial charge in [-0.2, -0.15) is 0 Å². The van der Waals surface area contributed by atoms with Crippen molar-refractivity contribution in [3.63, 3.8) is 0 Å². The molecule has 1 aromatic heterocycles. The molecule has 1 saturated carbocycles. The van der Waals surface area contributed by atoms with Crippen LogP contribution in [-0.2, 0) is 17.5 Å². The third-order valence-corrected chi connectivity index (χ3v) is 7.70. The summed E-state index contributed by atoms with van der Waals surface area (Å²) < 4.78 is 63.3. The number of nitrogens with one attached hydrogen (secondary N) is 1. The van der Waals surface area contributed by atoms with Gasteiger partial charge in [-0.15, -0.1) is 0 Å². The Bertz CT molecular complexity index is 1610. The molecule has 4 aromatic rings. The molecular weight excluding hydrogens is 532 g/mol. The van der Waals surface area contributed by atoms with Crippen molar-refractivity contribution in [3.05, 3.63) is 82.7 Å². The highest BCUT2D eigenvalue weighted by atomic mass is 32.2. The van der Waals surface area contributed by atoms with Crippen LogP contribution >= 0.6 is 0 Å². The maximum atomic E-state index is 14.9. The third kappa shape index (κ3) is 5.19. The van der Waals surface area contributed by atoms with Gasteiger partial charge in [-0.3, -0.25) is 9.10 Å². The summed E-state index contributed by atoms with van der Waals surface area (Å²) in [7, 11) is -2.38. The number of carbonyl (C=O) groups is 1. The van der Waals surface area contributed by atoms with Crippen molar-refractivity contribution in [1.29, 1.82) is 0 Å². The van der Waals surface area contributed by atoms with E-state index in [1.54, 1.807) is 12.1 Å². The quantitative estimate of drug-likeness (QED) is 0.287. The number of halogens is 3. The molecule has 39 heavy (non-hydrogen) atoms. The highest BCUT2D eigenvalue weighted by Gasteiger charge is 2.32. The Morgan fingerprint density at radius 2 is 1.79 bits per heavy atom. The van der Waals surface area contributed by atoms with Crippen LogP contribution in [0.1, 0.15) is 40.2 Å². The lowest BCUT2D eigenvalue weighted by molar-refractivity contribution is 0.0964. The molecule has 0 spiro atoms. The van der Waals surface area contributed by atoms with E-state index in [0.717, 1.165) is 24.5 Å². The molecule has 1 aliphatic rings. The van der Waals surface area contributed by atoms with Crippen LogP contribution in [0.5, 0.6) is 0 Å². The molecule has 0 aliphatic heterocycles. The van der Waals surface area contributed by atoms with Crippen molar-refractivity contribution >= 4 is 46.1 Å². The van der Waals surface area contributed by atoms with Crippen LogP contribution in [0, 0.1) is 17.5 Å². The maximum absolute atomic E-state index is 14.9. The molecule has 5 rings (SSSR count). The minimum atomic E-state index is -2.18. The van der Waals surface area contributed by atoms with Crippen molar-refractivity contribution in [2.24, 2.45) is 0 Å². The van der Waals surface area contributed by atoms with Crippen LogP contribution in [0.4, 0.5) is 18.9 Å². The van der Waals surface area contributed by atoms with Crippen LogP contribution in [0.2, 0.25) is 0 Å². The summed E-state index contributed by atoms with van der Waals surface area (Å²) in [5.41, 5.74) is 1.56. The van der Waals surface area contributed by atoms with E-state index in [1.165, 1.54) is 41.9 Å². The number of furan rings is 1. The van der Waals surface area contributed by atoms with Crippen molar-refractivity contribution in [2.75, 3.05) is 17.6 Å². The Labute approximate surface area is 225 Å². The second-order valence-electron chi connectivity index (χ2n) is 9.37. The summed E-state index contributed by atoms with van der Waals surface area (Å²) in [4.78, 5) is 12.9. The van der Waals surface area contributed by atoms with Gasteiger partial charge in [0.25, 0.3) is 5.91 Å². The fourth-order valence-corrected chi connectivity index (χ4v) is 5.39. The molecule has 12 heteroatoms. The fraction of sp³-hybridized carbons (Fsp3) is 0.222. The number of carbonyl (C=O) groups excluding carboxylic acids is 1. The van der Waals surface area contributed by atoms with Crippen molar-refractivity contribution in [2.45, 2.75) is 25.3 Å². The molecular formula is C27H24BF3N2O5S. The van der Waals surface area contributed by atoms with Crippen LogP contribution < -0.4 is 15.1 Å². The first-order valence-corrected chi connectivity index (χ1v) is 13.6. The number of fused-ring (bicyclic) bond motifs is 1. The second-order valence-corrected chi connectivity index (χ2v) is 10.7. The molecule has 1 heterocycles. The SMILES string of the molecule is CNC(=O)c1c(-c2ccc(F)cc2)oc2cc(N(Cc3cc(F)c(B(O)O)cc3F)S(C)=O)c(C3CC3)cc12. The molecule has 1 aliphatic carbocycles. The van der Waals surface area contributed by atoms with Crippen LogP contribution in [0.3, 0.4) is 0 Å². The Hall–Kier alpha value is -3.61. The highest BCUT2D eigenvalue weighted by Crippen LogP contribution is 2.48. The Balaban J connectivity index is 1.67. The number of amides is 1. The molecule has 1 fully saturated rings. The van der Waals surface area contributed by atoms with Gasteiger partial charge in [0.2, 0.25) is 0 Å². The zero-order chi connectivity index (χ0) is 28.0. The highest BCUT2D eigenvalue weighted by molar-refractivity contribution is 7.85. The predicted octanol–water partition coefficient (Wildman–Crippen LogP) is 3.73. The first kappa shape index (κ1) is 27.0. The van der Waals surface area contributed by atoms with Gasteiger partial charge in [0.05, 0.1) is 17.8 Å². The molecule has 0 saturated heterocycles. The lowest BCUT2D eigenvalue weighted by atomic mass is 9.79. The van der Waals surface area contributed by atoms with Gasteiger partial charge in [-0.1, -0.05) is 0 Å². The van der Waals surface area contributed by atoms with Gasteiger partial charge in [-0.25, -0.2) is 17.4 Å². The second kappa shape index (κ2) is 10.5. The van der Waals surface area contributed by atoms with E-state index in [0.29, 0.717) is 28.3 Å². The average Bonchev–Trinajstić information content (AvgIpc) is 3.68. The number of anilines is 1. The molecule has 1 atom stereocenters. The van der Waals surface area contributed by atoms with Crippen molar-refractivity contribution < 1.29 is 36.6 Å². The summed E-state index contributed by atoms with van der Waals surface area (Å²) >= 11 is 0. The monoisotopic (exact) mass is 556 g/mol. The summed E-state index contributed by atoms with van der Waals surface area (Å²) in [6, 6.07) is 10.5. The zero-order valence-corrected chi connectivity index (χ0v) is 21.8. The molecule has 0 radical (unpaired) electrons. The first-order chi connectivity index (χ1) is 18.6. The first-order valence-electron chi connectivity index (χ1n) is 12.1. The van der Waals surface area contributed by atoms with Crippen molar-refractivity contribution in [1.82, 2.24) is 5.32 Å². The van der Waals surface area contributed by atoms with E-state index in [-0.39, 0.29) is 29.3 Å². The molecule has 1 amide bonds. The van der Waals surface area contributed by atoms with Gasteiger partial charge in [0.1, 0.15) is 39.8 Å². The number of hydrogen-bond donors (Lipinski definition) is 3. The van der Waals surface area contributed by atoms with Gasteiger partial charge in [0.15, 0.2) is 0 Å². The molecule has 3 aromatic carbocycles. The summed E-state index contributed by atoms with van der Waals surface area (Å²) in [5.74, 6) is -2.40. The average molecular weight is 556 g/mol. The Morgan fingerprint density at radius 1 is 1.10 bits per heavy atom. The Morgan fingerprint density at radius 3 is 2.38 bits per heavy atom. The van der Waals surface area contributed by atoms with Crippen LogP contribution in [-0.4, -0.2) is 40.6 Å². The topological polar surface area (TPSA) is 103 Å². The number of rotatable bonds is 8. The van der Waals surface area contributed by atoms with Gasteiger partial charge < -0.3 is 19.8 Å². The smallest absolute Gasteiger partial charge is 0.455 e. The van der Waals surface area contributed by atoms with E-state index in [9.17, 15) is 32.2 Å². The number of hydrogen-bond acceptors (Lipinski definition) is 5. The lowest BCUT2D eigenvalue weighted by Gasteiger charge is -2.25. The molecule has 7 nitrogen and oxygen atoms in total. The number of nitrogens with zero attached hydrogens (tertiary/aromatic N) is 1. The fourth-order valence-electron chi connectivity index (χ4n) is 4.63. The minimum absolute atomic E-state index is 0.102. The van der Waals surface area contributed by atoms with E-state index in [2.05, 4.69) is 5.32 Å². The van der Waals surface area contributed by atoms with Gasteiger partial charge in [0, 0.05) is 41.3 Å².